The summed E-state index contributed by atoms with van der Waals surface area (Å²) in [5.41, 5.74) is 0.909. The van der Waals surface area contributed by atoms with Crippen LogP contribution in [0.15, 0.2) is 53.0 Å². The summed E-state index contributed by atoms with van der Waals surface area (Å²) < 4.78 is 11.6. The first-order chi connectivity index (χ1) is 9.67. The molecule has 0 spiro atoms. The molecule has 2 rings (SSSR count). The van der Waals surface area contributed by atoms with Crippen molar-refractivity contribution in [2.75, 3.05) is 6.61 Å². The SMILES string of the molecule is CCOC(=O)Cc1ccc(Oc2ccc(Br)cc2)cc1. The van der Waals surface area contributed by atoms with Crippen molar-refractivity contribution in [2.45, 2.75) is 13.3 Å². The second kappa shape index (κ2) is 7.10. The van der Waals surface area contributed by atoms with Crippen LogP contribution in [0.2, 0.25) is 0 Å². The van der Waals surface area contributed by atoms with Crippen molar-refractivity contribution in [3.8, 4) is 11.5 Å². The van der Waals surface area contributed by atoms with E-state index < -0.39 is 0 Å². The first kappa shape index (κ1) is 14.6. The zero-order chi connectivity index (χ0) is 14.4. The molecule has 0 atom stereocenters. The van der Waals surface area contributed by atoms with Gasteiger partial charge in [-0.25, -0.2) is 0 Å². The molecule has 2 aromatic carbocycles. The first-order valence-electron chi connectivity index (χ1n) is 6.35. The summed E-state index contributed by atoms with van der Waals surface area (Å²) in [5, 5.41) is 0. The van der Waals surface area contributed by atoms with Crippen molar-refractivity contribution in [2.24, 2.45) is 0 Å². The van der Waals surface area contributed by atoms with Crippen molar-refractivity contribution >= 4 is 21.9 Å². The van der Waals surface area contributed by atoms with Crippen molar-refractivity contribution in [3.63, 3.8) is 0 Å². The fourth-order valence-corrected chi connectivity index (χ4v) is 1.96. The van der Waals surface area contributed by atoms with Crippen molar-refractivity contribution < 1.29 is 14.3 Å². The summed E-state index contributed by atoms with van der Waals surface area (Å²) in [6.45, 7) is 2.21. The zero-order valence-corrected chi connectivity index (χ0v) is 12.7. The predicted octanol–water partition coefficient (Wildman–Crippen LogP) is 4.35. The molecule has 0 saturated heterocycles. The Morgan fingerprint density at radius 3 is 2.10 bits per heavy atom. The number of esters is 1. The number of hydrogen-bond donors (Lipinski definition) is 0. The molecular weight excluding hydrogens is 320 g/mol. The lowest BCUT2D eigenvalue weighted by Crippen LogP contribution is -2.07. The third kappa shape index (κ3) is 4.38. The zero-order valence-electron chi connectivity index (χ0n) is 11.1. The molecule has 0 aliphatic rings. The highest BCUT2D eigenvalue weighted by atomic mass is 79.9. The Hall–Kier alpha value is -1.81. The van der Waals surface area contributed by atoms with Gasteiger partial charge in [0, 0.05) is 4.47 Å². The first-order valence-corrected chi connectivity index (χ1v) is 7.14. The standard InChI is InChI=1S/C16H15BrO3/c1-2-19-16(18)11-12-3-7-14(8-4-12)20-15-9-5-13(17)6-10-15/h3-10H,2,11H2,1H3. The van der Waals surface area contributed by atoms with E-state index in [0.29, 0.717) is 6.61 Å². The van der Waals surface area contributed by atoms with Crippen LogP contribution in [0.5, 0.6) is 11.5 Å². The summed E-state index contributed by atoms with van der Waals surface area (Å²) in [6.07, 6.45) is 0.284. The molecule has 0 saturated carbocycles. The average Bonchev–Trinajstić information content (AvgIpc) is 2.44. The van der Waals surface area contributed by atoms with Crippen LogP contribution < -0.4 is 4.74 Å². The third-order valence-electron chi connectivity index (χ3n) is 2.63. The lowest BCUT2D eigenvalue weighted by Gasteiger charge is -2.07. The summed E-state index contributed by atoms with van der Waals surface area (Å²) in [4.78, 5) is 11.4. The summed E-state index contributed by atoms with van der Waals surface area (Å²) >= 11 is 3.38. The highest BCUT2D eigenvalue weighted by Gasteiger charge is 2.04. The molecule has 104 valence electrons. The molecule has 0 aromatic heterocycles. The van der Waals surface area contributed by atoms with E-state index in [1.807, 2.05) is 48.5 Å². The monoisotopic (exact) mass is 334 g/mol. The molecule has 0 aliphatic carbocycles. The molecule has 0 fully saturated rings. The van der Waals surface area contributed by atoms with E-state index >= 15 is 0 Å². The van der Waals surface area contributed by atoms with Gasteiger partial charge in [0.2, 0.25) is 0 Å². The van der Waals surface area contributed by atoms with Crippen LogP contribution in [0.25, 0.3) is 0 Å². The summed E-state index contributed by atoms with van der Waals surface area (Å²) in [7, 11) is 0. The molecule has 0 N–H and O–H groups in total. The van der Waals surface area contributed by atoms with Gasteiger partial charge < -0.3 is 9.47 Å². The summed E-state index contributed by atoms with van der Waals surface area (Å²) in [6, 6.07) is 15.0. The molecule has 0 aliphatic heterocycles. The number of hydrogen-bond acceptors (Lipinski definition) is 3. The van der Waals surface area contributed by atoms with E-state index in [1.165, 1.54) is 0 Å². The number of carbonyl (C=O) groups excluding carboxylic acids is 1. The van der Waals surface area contributed by atoms with Crippen molar-refractivity contribution in [3.05, 3.63) is 58.6 Å². The topological polar surface area (TPSA) is 35.5 Å². The predicted molar refractivity (Wildman–Crippen MR) is 81.0 cm³/mol. The van der Waals surface area contributed by atoms with Crippen LogP contribution in [0.3, 0.4) is 0 Å². The molecule has 2 aromatic rings. The Bertz CT molecular complexity index is 561. The minimum absolute atomic E-state index is 0.214. The number of halogens is 1. The van der Waals surface area contributed by atoms with Gasteiger partial charge in [-0.3, -0.25) is 4.79 Å². The molecule has 20 heavy (non-hydrogen) atoms. The van der Waals surface area contributed by atoms with E-state index in [-0.39, 0.29) is 12.4 Å². The molecular formula is C16H15BrO3. The van der Waals surface area contributed by atoms with E-state index in [1.54, 1.807) is 6.92 Å². The molecule has 3 nitrogen and oxygen atoms in total. The number of carbonyl (C=O) groups is 1. The maximum atomic E-state index is 11.4. The van der Waals surface area contributed by atoms with Gasteiger partial charge in [0.15, 0.2) is 0 Å². The Morgan fingerprint density at radius 2 is 1.55 bits per heavy atom. The minimum Gasteiger partial charge on any atom is -0.466 e. The van der Waals surface area contributed by atoms with Gasteiger partial charge in [0.1, 0.15) is 11.5 Å². The molecule has 0 unspecified atom stereocenters. The quantitative estimate of drug-likeness (QED) is 0.762. The molecule has 0 radical (unpaired) electrons. The second-order valence-electron chi connectivity index (χ2n) is 4.18. The molecule has 0 bridgehead atoms. The highest BCUT2D eigenvalue weighted by molar-refractivity contribution is 9.10. The Morgan fingerprint density at radius 1 is 1.00 bits per heavy atom. The van der Waals surface area contributed by atoms with E-state index in [2.05, 4.69) is 15.9 Å². The number of ether oxygens (including phenoxy) is 2. The summed E-state index contributed by atoms with van der Waals surface area (Å²) in [5.74, 6) is 1.29. The van der Waals surface area contributed by atoms with Crippen LogP contribution in [0.1, 0.15) is 12.5 Å². The van der Waals surface area contributed by atoms with Gasteiger partial charge in [-0.05, 0) is 48.9 Å². The van der Waals surface area contributed by atoms with Crippen LogP contribution in [-0.2, 0) is 16.0 Å². The van der Waals surface area contributed by atoms with E-state index in [9.17, 15) is 4.79 Å². The van der Waals surface area contributed by atoms with Crippen molar-refractivity contribution in [1.29, 1.82) is 0 Å². The van der Waals surface area contributed by atoms with E-state index in [0.717, 1.165) is 21.5 Å². The van der Waals surface area contributed by atoms with Gasteiger partial charge in [0.25, 0.3) is 0 Å². The number of rotatable bonds is 5. The van der Waals surface area contributed by atoms with E-state index in [4.69, 9.17) is 9.47 Å². The fourth-order valence-electron chi connectivity index (χ4n) is 1.69. The second-order valence-corrected chi connectivity index (χ2v) is 5.10. The Balaban J connectivity index is 1.97. The molecule has 0 heterocycles. The third-order valence-corrected chi connectivity index (χ3v) is 3.16. The maximum Gasteiger partial charge on any atom is 0.310 e. The lowest BCUT2D eigenvalue weighted by atomic mass is 10.1. The molecule has 0 amide bonds. The van der Waals surface area contributed by atoms with Gasteiger partial charge in [-0.15, -0.1) is 0 Å². The molecule has 4 heteroatoms. The normalized spacial score (nSPS) is 10.1. The smallest absolute Gasteiger partial charge is 0.310 e. The van der Waals surface area contributed by atoms with Crippen LogP contribution in [0, 0.1) is 0 Å². The lowest BCUT2D eigenvalue weighted by molar-refractivity contribution is -0.142. The Kier molecular flexibility index (Phi) is 5.18. The van der Waals surface area contributed by atoms with Crippen LogP contribution >= 0.6 is 15.9 Å². The van der Waals surface area contributed by atoms with Crippen LogP contribution in [0.4, 0.5) is 0 Å². The fraction of sp³-hybridized carbons (Fsp3) is 0.188. The van der Waals surface area contributed by atoms with Gasteiger partial charge in [0.05, 0.1) is 13.0 Å². The van der Waals surface area contributed by atoms with Crippen molar-refractivity contribution in [1.82, 2.24) is 0 Å². The minimum atomic E-state index is -0.214. The largest absolute Gasteiger partial charge is 0.466 e. The average molecular weight is 335 g/mol. The van der Waals surface area contributed by atoms with Crippen LogP contribution in [-0.4, -0.2) is 12.6 Å². The maximum absolute atomic E-state index is 11.4. The number of benzene rings is 2. The Labute approximate surface area is 126 Å². The van der Waals surface area contributed by atoms with Gasteiger partial charge in [-0.1, -0.05) is 28.1 Å². The highest BCUT2D eigenvalue weighted by Crippen LogP contribution is 2.23. The van der Waals surface area contributed by atoms with Gasteiger partial charge >= 0.3 is 5.97 Å². The van der Waals surface area contributed by atoms with Gasteiger partial charge in [-0.2, -0.15) is 0 Å².